The lowest BCUT2D eigenvalue weighted by Crippen LogP contribution is -2.57. The van der Waals surface area contributed by atoms with E-state index in [0.29, 0.717) is 32.3 Å². The average molecular weight is 609 g/mol. The second-order valence-electron chi connectivity index (χ2n) is 13.2. The standard InChI is InChI=1S/C29H40N10O3S/c1-19-14-22-24(34-36-33-22)25(20(19)2)37-13-6-21-23(15-37)31-27(42-18-29-8-4-11-39(29)12-5-9-29)32-26(21)38-10-3-7-28(17-38)16-30-43(40,41)35-28/h14,30,35H,3-13,15-18H2,1-2H3,(H,33,34,36). The van der Waals surface area contributed by atoms with Gasteiger partial charge in [-0.2, -0.15) is 23.1 Å². The van der Waals surface area contributed by atoms with Crippen LogP contribution < -0.4 is 24.0 Å². The van der Waals surface area contributed by atoms with Crippen molar-refractivity contribution in [3.05, 3.63) is 28.5 Å². The van der Waals surface area contributed by atoms with Gasteiger partial charge >= 0.3 is 6.01 Å². The van der Waals surface area contributed by atoms with Gasteiger partial charge in [-0.15, -0.1) is 5.10 Å². The number of aromatic amines is 1. The summed E-state index contributed by atoms with van der Waals surface area (Å²) in [5, 5.41) is 11.6. The van der Waals surface area contributed by atoms with Crippen molar-refractivity contribution >= 4 is 32.7 Å². The lowest BCUT2D eigenvalue weighted by atomic mass is 9.89. The molecule has 0 saturated carbocycles. The maximum Gasteiger partial charge on any atom is 0.318 e. The number of nitrogens with zero attached hydrogens (tertiary/aromatic N) is 7. The van der Waals surface area contributed by atoms with E-state index in [1.807, 2.05) is 0 Å². The Kier molecular flexibility index (Phi) is 6.37. The van der Waals surface area contributed by atoms with Crippen molar-refractivity contribution in [2.75, 3.05) is 55.7 Å². The van der Waals surface area contributed by atoms with Crippen LogP contribution in [0.4, 0.5) is 11.5 Å². The highest BCUT2D eigenvalue weighted by Crippen LogP contribution is 2.40. The molecule has 0 bridgehead atoms. The van der Waals surface area contributed by atoms with E-state index in [0.717, 1.165) is 92.1 Å². The van der Waals surface area contributed by atoms with Gasteiger partial charge < -0.3 is 14.5 Å². The highest BCUT2D eigenvalue weighted by atomic mass is 32.2. The molecule has 14 heteroatoms. The van der Waals surface area contributed by atoms with Crippen LogP contribution >= 0.6 is 0 Å². The van der Waals surface area contributed by atoms with Gasteiger partial charge in [-0.05, 0) is 89.1 Å². The number of nitrogens with one attached hydrogen (secondary N) is 3. The summed E-state index contributed by atoms with van der Waals surface area (Å²) in [5.41, 5.74) is 6.90. The minimum atomic E-state index is -3.48. The molecule has 5 aliphatic rings. The van der Waals surface area contributed by atoms with Crippen LogP contribution in [0.2, 0.25) is 0 Å². The quantitative estimate of drug-likeness (QED) is 0.392. The summed E-state index contributed by atoms with van der Waals surface area (Å²) in [6, 6.07) is 2.52. The van der Waals surface area contributed by atoms with E-state index in [2.05, 4.69) is 59.5 Å². The summed E-state index contributed by atoms with van der Waals surface area (Å²) in [4.78, 5) is 17.3. The molecule has 3 aromatic rings. The minimum Gasteiger partial charge on any atom is -0.461 e. The number of H-pyrrole nitrogens is 1. The summed E-state index contributed by atoms with van der Waals surface area (Å²) < 4.78 is 36.7. The molecule has 43 heavy (non-hydrogen) atoms. The zero-order valence-corrected chi connectivity index (χ0v) is 25.8. The largest absolute Gasteiger partial charge is 0.461 e. The van der Waals surface area contributed by atoms with Crippen LogP contribution in [0.15, 0.2) is 6.07 Å². The monoisotopic (exact) mass is 608 g/mol. The molecular formula is C29H40N10O3S. The van der Waals surface area contributed by atoms with Crippen molar-refractivity contribution in [3.8, 4) is 6.01 Å². The predicted molar refractivity (Wildman–Crippen MR) is 163 cm³/mol. The van der Waals surface area contributed by atoms with Gasteiger partial charge in [0.15, 0.2) is 0 Å². The van der Waals surface area contributed by atoms with E-state index >= 15 is 0 Å². The third-order valence-corrected chi connectivity index (χ3v) is 11.8. The normalized spacial score (nSPS) is 26.4. The first-order valence-corrected chi connectivity index (χ1v) is 17.1. The Balaban J connectivity index is 1.16. The summed E-state index contributed by atoms with van der Waals surface area (Å²) in [7, 11) is -3.48. The SMILES string of the molecule is Cc1cc2[nH]nnc2c(N2CCc3c(nc(OCC45CCCN4CCC5)nc3N3CCCC4(CNS(=O)(=O)N4)C3)C2)c1C. The van der Waals surface area contributed by atoms with E-state index in [9.17, 15) is 8.42 Å². The van der Waals surface area contributed by atoms with Crippen LogP contribution in [-0.2, 0) is 23.2 Å². The van der Waals surface area contributed by atoms with Crippen molar-refractivity contribution in [2.45, 2.75) is 76.4 Å². The average Bonchev–Trinajstić information content (AvgIpc) is 3.76. The van der Waals surface area contributed by atoms with Crippen LogP contribution in [0.3, 0.4) is 0 Å². The molecule has 4 fully saturated rings. The number of anilines is 2. The van der Waals surface area contributed by atoms with Crippen LogP contribution in [0.1, 0.15) is 60.9 Å². The third kappa shape index (κ3) is 4.64. The topological polar surface area (TPSA) is 144 Å². The Hall–Kier alpha value is -3.07. The fourth-order valence-corrected chi connectivity index (χ4v) is 9.63. The maximum absolute atomic E-state index is 12.3. The number of hydrogen-bond acceptors (Lipinski definition) is 10. The molecule has 3 N–H and O–H groups in total. The molecule has 0 radical (unpaired) electrons. The van der Waals surface area contributed by atoms with Gasteiger partial charge in [0.1, 0.15) is 17.9 Å². The highest BCUT2D eigenvalue weighted by Gasteiger charge is 2.46. The fourth-order valence-electron chi connectivity index (χ4n) is 8.28. The molecule has 1 aromatic carbocycles. The first-order chi connectivity index (χ1) is 20.7. The summed E-state index contributed by atoms with van der Waals surface area (Å²) in [6.07, 6.45) is 7.15. The Morgan fingerprint density at radius 3 is 2.63 bits per heavy atom. The molecule has 230 valence electrons. The van der Waals surface area contributed by atoms with E-state index in [1.54, 1.807) is 0 Å². The van der Waals surface area contributed by atoms with E-state index in [1.165, 1.54) is 24.0 Å². The molecule has 7 heterocycles. The van der Waals surface area contributed by atoms with Gasteiger partial charge in [0.25, 0.3) is 10.2 Å². The van der Waals surface area contributed by atoms with Gasteiger partial charge in [0.2, 0.25) is 0 Å². The molecule has 0 aliphatic carbocycles. The van der Waals surface area contributed by atoms with Gasteiger partial charge in [-0.3, -0.25) is 10.00 Å². The van der Waals surface area contributed by atoms with E-state index in [-0.39, 0.29) is 5.54 Å². The van der Waals surface area contributed by atoms with Crippen LogP contribution in [0, 0.1) is 13.8 Å². The van der Waals surface area contributed by atoms with Gasteiger partial charge in [0.05, 0.1) is 34.5 Å². The first-order valence-electron chi connectivity index (χ1n) is 15.6. The number of aryl methyl sites for hydroxylation is 1. The first kappa shape index (κ1) is 27.5. The third-order valence-electron chi connectivity index (χ3n) is 10.6. The molecule has 1 atom stereocenters. The smallest absolute Gasteiger partial charge is 0.318 e. The van der Waals surface area contributed by atoms with Crippen molar-refractivity contribution in [1.82, 2.24) is 39.7 Å². The fraction of sp³-hybridized carbons (Fsp3) is 0.655. The maximum atomic E-state index is 12.3. The summed E-state index contributed by atoms with van der Waals surface area (Å²) in [6.45, 7) is 10.3. The number of piperidine rings is 1. The molecule has 2 aromatic heterocycles. The summed E-state index contributed by atoms with van der Waals surface area (Å²) in [5.74, 6) is 0.879. The number of benzene rings is 1. The Bertz CT molecular complexity index is 1680. The molecule has 8 rings (SSSR count). The molecule has 0 amide bonds. The lowest BCUT2D eigenvalue weighted by molar-refractivity contribution is 0.107. The second kappa shape index (κ2) is 9.98. The number of aromatic nitrogens is 5. The number of ether oxygens (including phenoxy) is 1. The van der Waals surface area contributed by atoms with E-state index < -0.39 is 15.7 Å². The van der Waals surface area contributed by atoms with Crippen molar-refractivity contribution < 1.29 is 13.2 Å². The minimum absolute atomic E-state index is 0.0890. The molecule has 1 spiro atoms. The summed E-state index contributed by atoms with van der Waals surface area (Å²) >= 11 is 0. The zero-order chi connectivity index (χ0) is 29.4. The van der Waals surface area contributed by atoms with E-state index in [4.69, 9.17) is 14.7 Å². The Morgan fingerprint density at radius 1 is 1.02 bits per heavy atom. The van der Waals surface area contributed by atoms with Crippen LogP contribution in [0.25, 0.3) is 11.0 Å². The molecule has 5 aliphatic heterocycles. The van der Waals surface area contributed by atoms with Crippen LogP contribution in [-0.4, -0.2) is 95.6 Å². The molecule has 13 nitrogen and oxygen atoms in total. The van der Waals surface area contributed by atoms with Crippen LogP contribution in [0.5, 0.6) is 6.01 Å². The predicted octanol–water partition coefficient (Wildman–Crippen LogP) is 1.71. The molecular weight excluding hydrogens is 568 g/mol. The number of rotatable bonds is 5. The molecule has 4 saturated heterocycles. The zero-order valence-electron chi connectivity index (χ0n) is 24.9. The van der Waals surface area contributed by atoms with Gasteiger partial charge in [0, 0.05) is 31.7 Å². The number of fused-ring (bicyclic) bond motifs is 3. The van der Waals surface area contributed by atoms with Crippen molar-refractivity contribution in [1.29, 1.82) is 0 Å². The second-order valence-corrected chi connectivity index (χ2v) is 14.7. The van der Waals surface area contributed by atoms with Gasteiger partial charge in [-0.25, -0.2) is 4.72 Å². The van der Waals surface area contributed by atoms with Gasteiger partial charge in [-0.1, -0.05) is 5.21 Å². The Morgan fingerprint density at radius 2 is 1.84 bits per heavy atom. The molecule has 1 unspecified atom stereocenters. The Labute approximate surface area is 251 Å². The van der Waals surface area contributed by atoms with Crippen molar-refractivity contribution in [3.63, 3.8) is 0 Å². The lowest BCUT2D eigenvalue weighted by Gasteiger charge is -2.41. The number of hydrogen-bond donors (Lipinski definition) is 3. The van der Waals surface area contributed by atoms with Crippen molar-refractivity contribution in [2.24, 2.45) is 0 Å². The highest BCUT2D eigenvalue weighted by molar-refractivity contribution is 7.87.